The second kappa shape index (κ2) is 4.52. The van der Waals surface area contributed by atoms with Gasteiger partial charge in [-0.15, -0.1) is 0 Å². The summed E-state index contributed by atoms with van der Waals surface area (Å²) in [4.78, 5) is 5.04. The molecule has 0 aromatic heterocycles. The van der Waals surface area contributed by atoms with E-state index in [1.165, 1.54) is 28.2 Å². The van der Waals surface area contributed by atoms with E-state index in [0.29, 0.717) is 5.92 Å². The molecule has 0 radical (unpaired) electrons. The van der Waals surface area contributed by atoms with Crippen LogP contribution < -0.4 is 9.80 Å². The van der Waals surface area contributed by atoms with Gasteiger partial charge in [0.2, 0.25) is 0 Å². The summed E-state index contributed by atoms with van der Waals surface area (Å²) in [6.07, 6.45) is 0. The topological polar surface area (TPSA) is 6.48 Å². The van der Waals surface area contributed by atoms with E-state index in [9.17, 15) is 0 Å². The van der Waals surface area contributed by atoms with E-state index < -0.39 is 0 Å². The summed E-state index contributed by atoms with van der Waals surface area (Å²) in [7, 11) is 0. The summed E-state index contributed by atoms with van der Waals surface area (Å²) in [6, 6.07) is 15.7. The van der Waals surface area contributed by atoms with Gasteiger partial charge in [-0.1, -0.05) is 58.0 Å². The molecule has 2 nitrogen and oxygen atoms in total. The number of nitrogens with zero attached hydrogens (tertiary/aromatic N) is 2. The van der Waals surface area contributed by atoms with E-state index in [-0.39, 0.29) is 5.41 Å². The lowest BCUT2D eigenvalue weighted by Gasteiger charge is -2.39. The Balaban J connectivity index is 1.94. The van der Waals surface area contributed by atoms with Gasteiger partial charge in [-0.05, 0) is 29.2 Å². The van der Waals surface area contributed by atoms with Crippen molar-refractivity contribution in [3.05, 3.63) is 53.6 Å². The highest BCUT2D eigenvalue weighted by molar-refractivity contribution is 5.90. The molecule has 0 unspecified atom stereocenters. The van der Waals surface area contributed by atoms with E-state index in [1.807, 2.05) is 0 Å². The molecule has 0 amide bonds. The lowest BCUT2D eigenvalue weighted by molar-refractivity contribution is 0.614. The molecule has 0 saturated heterocycles. The second-order valence-corrected chi connectivity index (χ2v) is 7.50. The van der Waals surface area contributed by atoms with Gasteiger partial charge in [0.1, 0.15) is 0 Å². The Kier molecular flexibility index (Phi) is 2.81. The average molecular weight is 292 g/mol. The number of para-hydroxylation sites is 2. The Bertz CT molecular complexity index is 730. The third-order valence-electron chi connectivity index (χ3n) is 5.06. The summed E-state index contributed by atoms with van der Waals surface area (Å²) in [6.45, 7) is 11.4. The van der Waals surface area contributed by atoms with Gasteiger partial charge in [0.05, 0.1) is 18.0 Å². The Morgan fingerprint density at radius 1 is 0.955 bits per heavy atom. The molecule has 22 heavy (non-hydrogen) atoms. The standard InChI is InChI=1S/C20H24N2/c1-14(2)12-21-13-22-17-10-6-5-8-15(17)20(3,4)16-9-7-11-18(21)19(16)22/h5-11,14H,12-13H2,1-4H3. The SMILES string of the molecule is CC(C)CN1CN2c3ccccc3C(C)(C)c3cccc1c32. The van der Waals surface area contributed by atoms with Crippen LogP contribution in [0.4, 0.5) is 17.1 Å². The maximum Gasteiger partial charge on any atom is 0.0953 e. The highest BCUT2D eigenvalue weighted by atomic mass is 15.4. The summed E-state index contributed by atoms with van der Waals surface area (Å²) in [5.41, 5.74) is 7.15. The molecule has 2 aromatic rings. The molecule has 2 heterocycles. The lowest BCUT2D eigenvalue weighted by Crippen LogP contribution is -2.34. The second-order valence-electron chi connectivity index (χ2n) is 7.50. The monoisotopic (exact) mass is 292 g/mol. The van der Waals surface area contributed by atoms with Crippen LogP contribution in [0.3, 0.4) is 0 Å². The van der Waals surface area contributed by atoms with Crippen molar-refractivity contribution in [1.82, 2.24) is 0 Å². The molecule has 0 bridgehead atoms. The fraction of sp³-hybridized carbons (Fsp3) is 0.400. The fourth-order valence-electron chi connectivity index (χ4n) is 4.07. The minimum Gasteiger partial charge on any atom is -0.352 e. The van der Waals surface area contributed by atoms with Crippen LogP contribution in [0.2, 0.25) is 0 Å². The fourth-order valence-corrected chi connectivity index (χ4v) is 4.07. The van der Waals surface area contributed by atoms with Gasteiger partial charge in [-0.2, -0.15) is 0 Å². The zero-order valence-corrected chi connectivity index (χ0v) is 13.9. The van der Waals surface area contributed by atoms with Crippen molar-refractivity contribution >= 4 is 17.1 Å². The third kappa shape index (κ3) is 1.73. The highest BCUT2D eigenvalue weighted by Crippen LogP contribution is 2.54. The quantitative estimate of drug-likeness (QED) is 0.777. The van der Waals surface area contributed by atoms with Crippen molar-refractivity contribution in [2.45, 2.75) is 33.1 Å². The zero-order valence-electron chi connectivity index (χ0n) is 13.9. The number of rotatable bonds is 2. The van der Waals surface area contributed by atoms with Crippen LogP contribution in [0.25, 0.3) is 0 Å². The highest BCUT2D eigenvalue weighted by Gasteiger charge is 2.41. The van der Waals surface area contributed by atoms with Crippen LogP contribution in [0.5, 0.6) is 0 Å². The molecule has 2 heteroatoms. The van der Waals surface area contributed by atoms with Crippen molar-refractivity contribution in [2.24, 2.45) is 5.92 Å². The number of benzene rings is 2. The first kappa shape index (κ1) is 13.7. The molecule has 0 spiro atoms. The van der Waals surface area contributed by atoms with Gasteiger partial charge in [0.25, 0.3) is 0 Å². The van der Waals surface area contributed by atoms with Crippen LogP contribution in [-0.4, -0.2) is 13.2 Å². The van der Waals surface area contributed by atoms with Gasteiger partial charge >= 0.3 is 0 Å². The Hall–Kier alpha value is -1.96. The largest absolute Gasteiger partial charge is 0.352 e. The van der Waals surface area contributed by atoms with Crippen molar-refractivity contribution in [1.29, 1.82) is 0 Å². The Morgan fingerprint density at radius 3 is 2.41 bits per heavy atom. The Labute approximate surface area is 133 Å². The minimum atomic E-state index is 0.0618. The number of fused-ring (bicyclic) bond motifs is 2. The number of hydrogen-bond acceptors (Lipinski definition) is 2. The molecule has 114 valence electrons. The van der Waals surface area contributed by atoms with Crippen LogP contribution in [0, 0.1) is 5.92 Å². The molecule has 0 fully saturated rings. The summed E-state index contributed by atoms with van der Waals surface area (Å²) >= 11 is 0. The predicted molar refractivity (Wildman–Crippen MR) is 94.2 cm³/mol. The van der Waals surface area contributed by atoms with Crippen LogP contribution >= 0.6 is 0 Å². The smallest absolute Gasteiger partial charge is 0.0953 e. The molecule has 2 aromatic carbocycles. The van der Waals surface area contributed by atoms with E-state index in [0.717, 1.165) is 13.2 Å². The van der Waals surface area contributed by atoms with Crippen molar-refractivity contribution in [3.63, 3.8) is 0 Å². The van der Waals surface area contributed by atoms with Crippen molar-refractivity contribution < 1.29 is 0 Å². The molecule has 0 atom stereocenters. The van der Waals surface area contributed by atoms with Crippen molar-refractivity contribution in [3.8, 4) is 0 Å². The number of hydrogen-bond donors (Lipinski definition) is 0. The van der Waals surface area contributed by atoms with E-state index in [1.54, 1.807) is 0 Å². The molecular weight excluding hydrogens is 268 g/mol. The molecule has 0 aliphatic carbocycles. The molecule has 0 saturated carbocycles. The summed E-state index contributed by atoms with van der Waals surface area (Å²) < 4.78 is 0. The lowest BCUT2D eigenvalue weighted by atomic mass is 9.74. The normalized spacial score (nSPS) is 17.7. The van der Waals surface area contributed by atoms with Gasteiger partial charge in [0, 0.05) is 17.6 Å². The van der Waals surface area contributed by atoms with E-state index in [4.69, 9.17) is 0 Å². The third-order valence-corrected chi connectivity index (χ3v) is 5.06. The number of anilines is 3. The van der Waals surface area contributed by atoms with Gasteiger partial charge in [-0.3, -0.25) is 0 Å². The first-order chi connectivity index (χ1) is 10.5. The van der Waals surface area contributed by atoms with E-state index >= 15 is 0 Å². The van der Waals surface area contributed by atoms with Gasteiger partial charge in [-0.25, -0.2) is 0 Å². The van der Waals surface area contributed by atoms with E-state index in [2.05, 4.69) is 80.0 Å². The predicted octanol–water partition coefficient (Wildman–Crippen LogP) is 4.90. The first-order valence-electron chi connectivity index (χ1n) is 8.25. The first-order valence-corrected chi connectivity index (χ1v) is 8.25. The maximum absolute atomic E-state index is 2.53. The molecule has 2 aliphatic heterocycles. The average Bonchev–Trinajstić information content (AvgIpc) is 2.84. The Morgan fingerprint density at radius 2 is 1.64 bits per heavy atom. The zero-order chi connectivity index (χ0) is 15.5. The van der Waals surface area contributed by atoms with Crippen LogP contribution in [0.15, 0.2) is 42.5 Å². The summed E-state index contributed by atoms with van der Waals surface area (Å²) in [5, 5.41) is 0. The molecule has 4 rings (SSSR count). The molecule has 0 N–H and O–H groups in total. The minimum absolute atomic E-state index is 0.0618. The molecule has 2 aliphatic rings. The van der Waals surface area contributed by atoms with Crippen molar-refractivity contribution in [2.75, 3.05) is 23.0 Å². The van der Waals surface area contributed by atoms with Gasteiger partial charge in [0.15, 0.2) is 0 Å². The van der Waals surface area contributed by atoms with Crippen LogP contribution in [-0.2, 0) is 5.41 Å². The maximum atomic E-state index is 2.53. The van der Waals surface area contributed by atoms with Gasteiger partial charge < -0.3 is 9.80 Å². The summed E-state index contributed by atoms with van der Waals surface area (Å²) in [5.74, 6) is 0.667. The molecular formula is C20H24N2. The van der Waals surface area contributed by atoms with Crippen LogP contribution in [0.1, 0.15) is 38.8 Å².